The van der Waals surface area contributed by atoms with E-state index in [1.807, 2.05) is 16.8 Å². The van der Waals surface area contributed by atoms with Crippen LogP contribution >= 0.6 is 23.2 Å². The first-order valence-electron chi connectivity index (χ1n) is 9.12. The molecule has 0 amide bonds. The smallest absolute Gasteiger partial charge is 0.133 e. The second-order valence-electron chi connectivity index (χ2n) is 7.21. The van der Waals surface area contributed by atoms with Crippen molar-refractivity contribution in [2.24, 2.45) is 0 Å². The average Bonchev–Trinajstić information content (AvgIpc) is 2.77. The van der Waals surface area contributed by atoms with E-state index in [1.54, 1.807) is 6.07 Å². The number of piperidine rings is 1. The van der Waals surface area contributed by atoms with Crippen molar-refractivity contribution in [2.45, 2.75) is 38.0 Å². The van der Waals surface area contributed by atoms with Crippen LogP contribution in [0.1, 0.15) is 42.9 Å². The monoisotopic (exact) mass is 378 g/mol. The minimum atomic E-state index is 0.542. The molecule has 2 aliphatic rings. The van der Waals surface area contributed by atoms with Gasteiger partial charge in [0.05, 0.1) is 11.4 Å². The summed E-state index contributed by atoms with van der Waals surface area (Å²) in [6.45, 7) is 3.27. The van der Waals surface area contributed by atoms with E-state index < -0.39 is 0 Å². The maximum Gasteiger partial charge on any atom is 0.133 e. The van der Waals surface area contributed by atoms with Crippen LogP contribution in [0.2, 0.25) is 10.0 Å². The van der Waals surface area contributed by atoms with Gasteiger partial charge in [-0.3, -0.25) is 0 Å². The third kappa shape index (κ3) is 3.53. The normalized spacial score (nSPS) is 19.3. The second-order valence-corrected chi connectivity index (χ2v) is 8.09. The van der Waals surface area contributed by atoms with Crippen molar-refractivity contribution in [3.63, 3.8) is 0 Å². The molecule has 0 atom stereocenters. The molecule has 1 N–H and O–H groups in total. The summed E-state index contributed by atoms with van der Waals surface area (Å²) in [5.74, 6) is 1.67. The third-order valence-electron chi connectivity index (χ3n) is 5.36. The average molecular weight is 379 g/mol. The van der Waals surface area contributed by atoms with Crippen molar-refractivity contribution < 1.29 is 0 Å². The summed E-state index contributed by atoms with van der Waals surface area (Å²) >= 11 is 12.5. The first-order valence-corrected chi connectivity index (χ1v) is 9.88. The van der Waals surface area contributed by atoms with Crippen LogP contribution in [0.5, 0.6) is 0 Å². The fraction of sp³-hybridized carbons (Fsp3) is 0.526. The highest BCUT2D eigenvalue weighted by Crippen LogP contribution is 2.36. The Balaban J connectivity index is 1.79. The molecule has 25 heavy (non-hydrogen) atoms. The highest BCUT2D eigenvalue weighted by atomic mass is 35.5. The largest absolute Gasteiger partial charge is 0.370 e. The number of nitrogens with zero attached hydrogens (tertiary/aromatic N) is 3. The Morgan fingerprint density at radius 2 is 1.80 bits per heavy atom. The van der Waals surface area contributed by atoms with Crippen molar-refractivity contribution in [1.82, 2.24) is 14.7 Å². The zero-order valence-corrected chi connectivity index (χ0v) is 16.1. The number of hydrogen-bond donors (Lipinski definition) is 1. The topological polar surface area (TPSA) is 33.1 Å². The quantitative estimate of drug-likeness (QED) is 0.819. The lowest BCUT2D eigenvalue weighted by Crippen LogP contribution is -2.29. The number of aromatic nitrogens is 2. The predicted octanol–water partition coefficient (Wildman–Crippen LogP) is 4.74. The Hall–Kier alpha value is -1.23. The maximum atomic E-state index is 6.24. The molecule has 2 aliphatic heterocycles. The van der Waals surface area contributed by atoms with Gasteiger partial charge in [0.15, 0.2) is 0 Å². The van der Waals surface area contributed by atoms with Crippen molar-refractivity contribution in [3.8, 4) is 5.69 Å². The molecule has 134 valence electrons. The van der Waals surface area contributed by atoms with Gasteiger partial charge in [-0.1, -0.05) is 23.2 Å². The second kappa shape index (κ2) is 7.18. The van der Waals surface area contributed by atoms with Crippen LogP contribution in [0, 0.1) is 0 Å². The van der Waals surface area contributed by atoms with Crippen molar-refractivity contribution in [2.75, 3.05) is 32.0 Å². The molecule has 0 aliphatic carbocycles. The van der Waals surface area contributed by atoms with Gasteiger partial charge in [-0.15, -0.1) is 0 Å². The molecule has 1 saturated heterocycles. The summed E-state index contributed by atoms with van der Waals surface area (Å²) in [6.07, 6.45) is 5.85. The van der Waals surface area contributed by atoms with Crippen LogP contribution in [-0.2, 0) is 6.42 Å². The van der Waals surface area contributed by atoms with Crippen LogP contribution in [0.3, 0.4) is 0 Å². The van der Waals surface area contributed by atoms with E-state index >= 15 is 0 Å². The lowest BCUT2D eigenvalue weighted by atomic mass is 9.90. The number of likely N-dealkylation sites (tertiary alicyclic amines) is 1. The molecule has 4 rings (SSSR count). The summed E-state index contributed by atoms with van der Waals surface area (Å²) in [6, 6.07) is 5.64. The molecule has 1 fully saturated rings. The Morgan fingerprint density at radius 3 is 2.52 bits per heavy atom. The Morgan fingerprint density at radius 1 is 1.08 bits per heavy atom. The molecule has 0 spiro atoms. The molecule has 6 heteroatoms. The van der Waals surface area contributed by atoms with Gasteiger partial charge in [-0.2, -0.15) is 5.10 Å². The minimum Gasteiger partial charge on any atom is -0.370 e. The van der Waals surface area contributed by atoms with Gasteiger partial charge >= 0.3 is 0 Å². The van der Waals surface area contributed by atoms with E-state index in [1.165, 1.54) is 36.9 Å². The molecule has 0 bridgehead atoms. The molecule has 1 aromatic carbocycles. The minimum absolute atomic E-state index is 0.542. The third-order valence-corrected chi connectivity index (χ3v) is 5.79. The molecule has 1 aromatic heterocycles. The molecule has 0 unspecified atom stereocenters. The number of halogens is 2. The fourth-order valence-corrected chi connectivity index (χ4v) is 4.50. The fourth-order valence-electron chi connectivity index (χ4n) is 3.99. The predicted molar refractivity (Wildman–Crippen MR) is 104 cm³/mol. The summed E-state index contributed by atoms with van der Waals surface area (Å²) in [5, 5.41) is 9.94. The van der Waals surface area contributed by atoms with Crippen molar-refractivity contribution in [1.29, 1.82) is 0 Å². The number of benzene rings is 1. The summed E-state index contributed by atoms with van der Waals surface area (Å²) in [7, 11) is 2.20. The summed E-state index contributed by atoms with van der Waals surface area (Å²) < 4.78 is 2.02. The van der Waals surface area contributed by atoms with Gasteiger partial charge in [0.2, 0.25) is 0 Å². The SMILES string of the molecule is CN1CCC(c2nn(-c3cc(Cl)cc(Cl)c3)c3c2CCCCN3)CC1. The molecule has 2 aromatic rings. The number of hydrogen-bond acceptors (Lipinski definition) is 3. The first-order chi connectivity index (χ1) is 12.1. The number of nitrogens with one attached hydrogen (secondary N) is 1. The Kier molecular flexibility index (Phi) is 4.94. The van der Waals surface area contributed by atoms with E-state index in [2.05, 4.69) is 17.3 Å². The molecule has 0 saturated carbocycles. The van der Waals surface area contributed by atoms with Gasteiger partial charge < -0.3 is 10.2 Å². The summed E-state index contributed by atoms with van der Waals surface area (Å²) in [4.78, 5) is 2.40. The van der Waals surface area contributed by atoms with Gasteiger partial charge in [0.1, 0.15) is 5.82 Å². The van der Waals surface area contributed by atoms with Crippen LogP contribution < -0.4 is 5.32 Å². The molecule has 4 nitrogen and oxygen atoms in total. The van der Waals surface area contributed by atoms with E-state index in [9.17, 15) is 0 Å². The number of anilines is 1. The number of rotatable bonds is 2. The molecular weight excluding hydrogens is 355 g/mol. The summed E-state index contributed by atoms with van der Waals surface area (Å²) in [5.41, 5.74) is 3.60. The highest BCUT2D eigenvalue weighted by molar-refractivity contribution is 6.34. The first kappa shape index (κ1) is 17.2. The van der Waals surface area contributed by atoms with E-state index in [-0.39, 0.29) is 0 Å². The van der Waals surface area contributed by atoms with Gasteiger partial charge in [0.25, 0.3) is 0 Å². The number of fused-ring (bicyclic) bond motifs is 1. The van der Waals surface area contributed by atoms with Crippen molar-refractivity contribution >= 4 is 29.0 Å². The lowest BCUT2D eigenvalue weighted by Gasteiger charge is -2.28. The van der Waals surface area contributed by atoms with E-state index in [0.717, 1.165) is 37.6 Å². The van der Waals surface area contributed by atoms with E-state index in [0.29, 0.717) is 16.0 Å². The lowest BCUT2D eigenvalue weighted by molar-refractivity contribution is 0.252. The van der Waals surface area contributed by atoms with Crippen molar-refractivity contribution in [3.05, 3.63) is 39.5 Å². The van der Waals surface area contributed by atoms with Crippen LogP contribution in [-0.4, -0.2) is 41.4 Å². The molecule has 3 heterocycles. The standard InChI is InChI=1S/C19H24Cl2N4/c1-24-8-5-13(6-9-24)18-17-4-2-3-7-22-19(17)25(23-18)16-11-14(20)10-15(21)12-16/h10-13,22H,2-9H2,1H3. The molecule has 0 radical (unpaired) electrons. The van der Waals surface area contributed by atoms with Crippen LogP contribution in [0.15, 0.2) is 18.2 Å². The maximum absolute atomic E-state index is 6.24. The Bertz CT molecular complexity index is 743. The van der Waals surface area contributed by atoms with E-state index in [4.69, 9.17) is 28.3 Å². The zero-order chi connectivity index (χ0) is 17.4. The highest BCUT2D eigenvalue weighted by Gasteiger charge is 2.28. The van der Waals surface area contributed by atoms with Gasteiger partial charge in [-0.25, -0.2) is 4.68 Å². The Labute approximate surface area is 159 Å². The van der Waals surface area contributed by atoms with Gasteiger partial charge in [-0.05, 0) is 70.4 Å². The zero-order valence-electron chi connectivity index (χ0n) is 14.6. The molecular formula is C19H24Cl2N4. The van der Waals surface area contributed by atoms with Crippen LogP contribution in [0.4, 0.5) is 5.82 Å². The van der Waals surface area contributed by atoms with Gasteiger partial charge in [0, 0.05) is 28.1 Å². The van der Waals surface area contributed by atoms with Crippen LogP contribution in [0.25, 0.3) is 5.69 Å².